The molecule has 14 heteroatoms. The van der Waals surface area contributed by atoms with Crippen LogP contribution in [0.5, 0.6) is 0 Å². The predicted octanol–water partition coefficient (Wildman–Crippen LogP) is 4.23. The van der Waals surface area contributed by atoms with E-state index in [4.69, 9.17) is 67.6 Å². The van der Waals surface area contributed by atoms with Crippen molar-refractivity contribution in [1.29, 1.82) is 5.41 Å². The van der Waals surface area contributed by atoms with Crippen molar-refractivity contribution in [2.45, 2.75) is 121 Å². The monoisotopic (exact) mass is 652 g/mol. The number of hydrazine groups is 1. The Morgan fingerprint density at radius 1 is 0.750 bits per heavy atom. The van der Waals surface area contributed by atoms with Gasteiger partial charge < -0.3 is 28.7 Å². The third-order valence-corrected chi connectivity index (χ3v) is 11.9. The summed E-state index contributed by atoms with van der Waals surface area (Å²) in [6.07, 6.45) is 20.5. The fourth-order valence-electron chi connectivity index (χ4n) is 10.6. The Morgan fingerprint density at radius 2 is 1.25 bits per heavy atom. The van der Waals surface area contributed by atoms with Gasteiger partial charge in [0.2, 0.25) is 23.8 Å². The molecule has 0 aromatic heterocycles. The predicted molar refractivity (Wildman–Crippen MR) is 179 cm³/mol. The van der Waals surface area contributed by atoms with Gasteiger partial charge in [0, 0.05) is 23.6 Å². The molecule has 8 fully saturated rings. The maximum absolute atomic E-state index is 7.26. The molecule has 0 heterocycles. The Bertz CT molecular complexity index is 1070. The van der Waals surface area contributed by atoms with Crippen LogP contribution in [-0.2, 0) is 0 Å². The average molecular weight is 654 g/mol. The van der Waals surface area contributed by atoms with Crippen molar-refractivity contribution in [3.05, 3.63) is 0 Å². The third-order valence-electron chi connectivity index (χ3n) is 11.3. The number of guanidine groups is 4. The summed E-state index contributed by atoms with van der Waals surface area (Å²) >= 11 is 11.9. The molecule has 2 unspecified atom stereocenters. The van der Waals surface area contributed by atoms with Crippen molar-refractivity contribution < 1.29 is 0 Å². The number of hydrazone groups is 1. The molecule has 0 aliphatic heterocycles. The van der Waals surface area contributed by atoms with Crippen LogP contribution in [0, 0.1) is 46.8 Å². The topological polar surface area (TPSA) is 210 Å². The first kappa shape index (κ1) is 33.0. The number of nitrogens with zero attached hydrogens (tertiary/aromatic N) is 5. The van der Waals surface area contributed by atoms with Gasteiger partial charge >= 0.3 is 0 Å². The zero-order valence-electron chi connectivity index (χ0n) is 26.2. The summed E-state index contributed by atoms with van der Waals surface area (Å²) in [7, 11) is 0. The molecular formula is C30H54Cl2N12. The number of hydrogen-bond donors (Lipinski definition) is 7. The number of nitrogens with two attached hydrogens (primary N) is 5. The quantitative estimate of drug-likeness (QED) is 0.0661. The van der Waals surface area contributed by atoms with Crippen molar-refractivity contribution >= 4 is 47.4 Å². The van der Waals surface area contributed by atoms with Crippen molar-refractivity contribution in [3.8, 4) is 0 Å². The molecule has 8 saturated carbocycles. The summed E-state index contributed by atoms with van der Waals surface area (Å²) in [4.78, 5) is 9.53. The van der Waals surface area contributed by atoms with E-state index in [1.54, 1.807) is 0 Å². The van der Waals surface area contributed by atoms with E-state index in [-0.39, 0.29) is 34.9 Å². The van der Waals surface area contributed by atoms with Gasteiger partial charge in [0.15, 0.2) is 0 Å². The van der Waals surface area contributed by atoms with Crippen LogP contribution in [0.1, 0.15) is 110 Å². The molecule has 8 bridgehead atoms. The minimum Gasteiger partial charge on any atom is -0.369 e. The van der Waals surface area contributed by atoms with Crippen LogP contribution in [0.2, 0.25) is 0 Å². The molecular weight excluding hydrogens is 599 g/mol. The summed E-state index contributed by atoms with van der Waals surface area (Å²) in [6.45, 7) is 2.27. The number of unbranched alkanes of at least 4 members (excludes halogenated alkanes) is 3. The molecule has 0 saturated heterocycles. The molecule has 8 aliphatic carbocycles. The van der Waals surface area contributed by atoms with Crippen LogP contribution in [0.4, 0.5) is 0 Å². The first-order chi connectivity index (χ1) is 20.9. The SMILES string of the molecule is CCCCCCC1C2CC3CC1CC(N=C(N)N(Cl)NC(=N)N)(C3)C2.NC(N)=NN(Cl)C(N)=NC12CC3CC(CC(C3)C1)C2. The number of nitrogens with one attached hydrogen (secondary N) is 2. The summed E-state index contributed by atoms with van der Waals surface area (Å²) < 4.78 is 2.00. The van der Waals surface area contributed by atoms with Crippen molar-refractivity contribution in [3.63, 3.8) is 0 Å². The maximum Gasteiger partial charge on any atom is 0.229 e. The van der Waals surface area contributed by atoms with E-state index in [0.29, 0.717) is 0 Å². The van der Waals surface area contributed by atoms with E-state index in [9.17, 15) is 0 Å². The molecule has 0 aromatic carbocycles. The average Bonchev–Trinajstić information content (AvgIpc) is 2.90. The van der Waals surface area contributed by atoms with Gasteiger partial charge in [-0.1, -0.05) is 32.6 Å². The van der Waals surface area contributed by atoms with Gasteiger partial charge in [0.25, 0.3) is 0 Å². The van der Waals surface area contributed by atoms with Gasteiger partial charge in [-0.25, -0.2) is 9.98 Å². The largest absolute Gasteiger partial charge is 0.369 e. The lowest BCUT2D eigenvalue weighted by Crippen LogP contribution is -2.55. The fourth-order valence-corrected chi connectivity index (χ4v) is 10.8. The second-order valence-electron chi connectivity index (χ2n) is 14.9. The van der Waals surface area contributed by atoms with Crippen LogP contribution < -0.4 is 34.1 Å². The van der Waals surface area contributed by atoms with Crippen molar-refractivity contribution in [2.75, 3.05) is 0 Å². The molecule has 44 heavy (non-hydrogen) atoms. The molecule has 0 amide bonds. The van der Waals surface area contributed by atoms with Gasteiger partial charge in [-0.3, -0.25) is 10.8 Å². The molecule has 8 aliphatic rings. The Morgan fingerprint density at radius 3 is 1.75 bits per heavy atom. The summed E-state index contributed by atoms with van der Waals surface area (Å²) in [5, 5.41) is 11.0. The van der Waals surface area contributed by atoms with Crippen LogP contribution >= 0.6 is 23.6 Å². The number of hydrogen-bond acceptors (Lipinski definition) is 4. The van der Waals surface area contributed by atoms with Crippen molar-refractivity contribution in [1.82, 2.24) is 14.5 Å². The highest BCUT2D eigenvalue weighted by atomic mass is 35.5. The summed E-state index contributed by atoms with van der Waals surface area (Å²) in [5.41, 5.74) is 30.3. The zero-order chi connectivity index (χ0) is 31.6. The first-order valence-electron chi connectivity index (χ1n) is 16.7. The van der Waals surface area contributed by atoms with Gasteiger partial charge in [-0.05, 0) is 118 Å². The number of halogens is 2. The highest BCUT2D eigenvalue weighted by Crippen LogP contribution is 2.61. The molecule has 0 radical (unpaired) electrons. The van der Waals surface area contributed by atoms with E-state index in [1.165, 1.54) is 64.2 Å². The Kier molecular flexibility index (Phi) is 10.2. The molecule has 0 spiro atoms. The van der Waals surface area contributed by atoms with Crippen LogP contribution in [0.25, 0.3) is 0 Å². The van der Waals surface area contributed by atoms with Crippen LogP contribution in [-0.4, -0.2) is 44.0 Å². The van der Waals surface area contributed by atoms with Gasteiger partial charge in [-0.2, -0.15) is 4.53 Å². The summed E-state index contributed by atoms with van der Waals surface area (Å²) in [5.74, 6) is 5.77. The lowest BCUT2D eigenvalue weighted by molar-refractivity contribution is -0.0541. The van der Waals surface area contributed by atoms with Crippen molar-refractivity contribution in [2.24, 2.45) is 85.2 Å². The molecule has 8 rings (SSSR count). The summed E-state index contributed by atoms with van der Waals surface area (Å²) in [6, 6.07) is 0. The maximum atomic E-state index is 7.26. The smallest absolute Gasteiger partial charge is 0.229 e. The Labute approximate surface area is 272 Å². The minimum absolute atomic E-state index is 0.0230. The van der Waals surface area contributed by atoms with Gasteiger partial charge in [0.1, 0.15) is 0 Å². The molecule has 248 valence electrons. The first-order valence-corrected chi connectivity index (χ1v) is 17.4. The van der Waals surface area contributed by atoms with Crippen LogP contribution in [0.3, 0.4) is 0 Å². The highest BCUT2D eigenvalue weighted by molar-refractivity contribution is 6.22. The van der Waals surface area contributed by atoms with E-state index in [2.05, 4.69) is 17.5 Å². The Hall–Kier alpha value is -2.34. The van der Waals surface area contributed by atoms with E-state index in [1.807, 2.05) is 0 Å². The second kappa shape index (κ2) is 13.6. The molecule has 12 N–H and O–H groups in total. The lowest BCUT2D eigenvalue weighted by Gasteiger charge is -2.59. The molecule has 12 nitrogen and oxygen atoms in total. The zero-order valence-corrected chi connectivity index (χ0v) is 27.7. The number of rotatable bonds is 8. The molecule has 0 aromatic rings. The number of aliphatic imine (C=N–C) groups is 2. The van der Waals surface area contributed by atoms with Crippen LogP contribution in [0.15, 0.2) is 15.1 Å². The normalized spacial score (nSPS) is 38.1. The standard InChI is InChI=1S/C18H33ClN6.C12H21ClN6/c1-2-3-4-5-6-15-13-7-12-8-14(15)11-18(9-12,10-13)23-17(22)25(19)24-16(20)21;13-19(18-10(14)15)11(16)17-12-4-7-1-8(5-12)3-9(2-7)6-12/h12-15H,2-11H2,1H3,(H2,22,23)(H4,20,21,24);7-9H,1-6H2,(H2,16,17)(H4,14,15,18). The van der Waals surface area contributed by atoms with Gasteiger partial charge in [0.05, 0.1) is 11.1 Å². The van der Waals surface area contributed by atoms with E-state index >= 15 is 0 Å². The third kappa shape index (κ3) is 7.71. The Balaban J connectivity index is 0.000000181. The minimum atomic E-state index is -0.245. The van der Waals surface area contributed by atoms with E-state index < -0.39 is 0 Å². The highest BCUT2D eigenvalue weighted by Gasteiger charge is 2.55. The van der Waals surface area contributed by atoms with Gasteiger partial charge in [-0.15, -0.1) is 9.63 Å². The van der Waals surface area contributed by atoms with E-state index in [0.717, 1.165) is 89.0 Å². The molecule has 2 atom stereocenters. The fraction of sp³-hybridized carbons (Fsp3) is 0.867. The second-order valence-corrected chi connectivity index (χ2v) is 15.5. The lowest BCUT2D eigenvalue weighted by atomic mass is 9.48.